The number of nitrogens with zero attached hydrogens (tertiary/aromatic N) is 4. The highest BCUT2D eigenvalue weighted by molar-refractivity contribution is 7.52. The zero-order chi connectivity index (χ0) is 15.2. The number of rotatable bonds is 3. The lowest BCUT2D eigenvalue weighted by Gasteiger charge is -2.13. The van der Waals surface area contributed by atoms with E-state index < -0.39 is 19.7 Å². The van der Waals surface area contributed by atoms with Gasteiger partial charge in [-0.3, -0.25) is 4.57 Å². The van der Waals surface area contributed by atoms with E-state index in [2.05, 4.69) is 15.0 Å². The van der Waals surface area contributed by atoms with Gasteiger partial charge in [-0.2, -0.15) is 9.97 Å². The molecule has 12 heteroatoms. The Labute approximate surface area is 118 Å². The van der Waals surface area contributed by atoms with Crippen LogP contribution in [-0.2, 0) is 20.6 Å². The van der Waals surface area contributed by atoms with Crippen molar-refractivity contribution in [3.63, 3.8) is 0 Å². The first kappa shape index (κ1) is 14.2. The molecule has 0 saturated carbocycles. The van der Waals surface area contributed by atoms with Gasteiger partial charge in [0.05, 0.1) is 19.5 Å². The molecular formula is C9H13N6O5P. The number of imidazole rings is 1. The summed E-state index contributed by atoms with van der Waals surface area (Å²) in [5, 5.41) is 0. The highest BCUT2D eigenvalue weighted by Gasteiger charge is 2.39. The maximum absolute atomic E-state index is 11.1. The molecule has 3 heterocycles. The fraction of sp³-hybridized carbons (Fsp3) is 0.444. The minimum Gasteiger partial charge on any atom is -0.382 e. The van der Waals surface area contributed by atoms with Crippen LogP contribution in [0.1, 0.15) is 0 Å². The second-order valence-electron chi connectivity index (χ2n) is 4.52. The topological polar surface area (TPSA) is 172 Å². The van der Waals surface area contributed by atoms with E-state index in [4.69, 9.17) is 30.7 Å². The molecule has 0 spiro atoms. The highest BCUT2D eigenvalue weighted by atomic mass is 31.2. The molecule has 1 fully saturated rings. The monoisotopic (exact) mass is 316 g/mol. The van der Waals surface area contributed by atoms with Gasteiger partial charge in [0.2, 0.25) is 5.95 Å². The predicted octanol–water partition coefficient (Wildman–Crippen LogP) is -1.13. The summed E-state index contributed by atoms with van der Waals surface area (Å²) >= 11 is 0. The number of ether oxygens (including phenoxy) is 2. The SMILES string of the molecule is Nc1nc(N)c2ncn(C[C@H]3CO[C@H](P(=O)(O)O)O3)c2n1. The Balaban J connectivity index is 1.82. The minimum absolute atomic E-state index is 0.0124. The standard InChI is InChI=1S/C9H13N6O5P/c10-6-5-7(14-8(11)13-6)15(3-12-5)1-4-2-19-9(20-4)21(16,17)18/h3-4,9H,1-2H2,(H2,16,17,18)(H4,10,11,13,14)/t4-,9-/m0/s1. The van der Waals surface area contributed by atoms with Crippen molar-refractivity contribution in [1.29, 1.82) is 0 Å². The van der Waals surface area contributed by atoms with Crippen molar-refractivity contribution in [2.45, 2.75) is 18.7 Å². The molecule has 0 unspecified atom stereocenters. The maximum atomic E-state index is 11.1. The van der Waals surface area contributed by atoms with Gasteiger partial charge in [0, 0.05) is 0 Å². The first-order chi connectivity index (χ1) is 9.84. The summed E-state index contributed by atoms with van der Waals surface area (Å²) in [6.07, 6.45) is 0.931. The summed E-state index contributed by atoms with van der Waals surface area (Å²) in [7, 11) is -4.44. The summed E-state index contributed by atoms with van der Waals surface area (Å²) in [5.41, 5.74) is 12.0. The number of hydrogen-bond donors (Lipinski definition) is 4. The zero-order valence-corrected chi connectivity index (χ0v) is 11.6. The fourth-order valence-corrected chi connectivity index (χ4v) is 2.65. The van der Waals surface area contributed by atoms with E-state index in [1.54, 1.807) is 4.57 Å². The zero-order valence-electron chi connectivity index (χ0n) is 10.7. The molecule has 1 saturated heterocycles. The van der Waals surface area contributed by atoms with Crippen LogP contribution in [0.4, 0.5) is 11.8 Å². The molecule has 2 atom stereocenters. The molecule has 1 aliphatic heterocycles. The van der Waals surface area contributed by atoms with Crippen molar-refractivity contribution in [3.05, 3.63) is 6.33 Å². The maximum Gasteiger partial charge on any atom is 0.381 e. The van der Waals surface area contributed by atoms with Gasteiger partial charge in [0.1, 0.15) is 11.6 Å². The van der Waals surface area contributed by atoms with Crippen molar-refractivity contribution >= 4 is 30.5 Å². The van der Waals surface area contributed by atoms with E-state index >= 15 is 0 Å². The Morgan fingerprint density at radius 3 is 2.86 bits per heavy atom. The molecule has 0 bridgehead atoms. The molecule has 3 rings (SSSR count). The van der Waals surface area contributed by atoms with Crippen molar-refractivity contribution in [3.8, 4) is 0 Å². The molecule has 2 aromatic heterocycles. The normalized spacial score (nSPS) is 23.0. The first-order valence-electron chi connectivity index (χ1n) is 5.90. The number of nitrogens with two attached hydrogens (primary N) is 2. The van der Waals surface area contributed by atoms with Gasteiger partial charge in [0.15, 0.2) is 11.5 Å². The van der Waals surface area contributed by atoms with E-state index in [0.717, 1.165) is 0 Å². The first-order valence-corrected chi connectivity index (χ1v) is 7.59. The smallest absolute Gasteiger partial charge is 0.381 e. The molecular weight excluding hydrogens is 303 g/mol. The van der Waals surface area contributed by atoms with E-state index in [0.29, 0.717) is 11.2 Å². The lowest BCUT2D eigenvalue weighted by molar-refractivity contribution is -0.0146. The molecule has 0 radical (unpaired) electrons. The van der Waals surface area contributed by atoms with E-state index in [-0.39, 0.29) is 24.9 Å². The van der Waals surface area contributed by atoms with Crippen molar-refractivity contribution in [2.75, 3.05) is 18.1 Å². The van der Waals surface area contributed by atoms with Crippen LogP contribution in [0.5, 0.6) is 0 Å². The number of hydrogen-bond acceptors (Lipinski definition) is 8. The molecule has 0 aliphatic carbocycles. The van der Waals surface area contributed by atoms with Gasteiger partial charge < -0.3 is 35.3 Å². The number of fused-ring (bicyclic) bond motifs is 1. The van der Waals surface area contributed by atoms with Crippen LogP contribution in [0, 0.1) is 0 Å². The van der Waals surface area contributed by atoms with Gasteiger partial charge in [-0.05, 0) is 0 Å². The van der Waals surface area contributed by atoms with Crippen LogP contribution in [0.3, 0.4) is 0 Å². The van der Waals surface area contributed by atoms with Gasteiger partial charge in [0.25, 0.3) is 6.03 Å². The largest absolute Gasteiger partial charge is 0.382 e. The molecule has 11 nitrogen and oxygen atoms in total. The summed E-state index contributed by atoms with van der Waals surface area (Å²) in [4.78, 5) is 29.9. The fourth-order valence-electron chi connectivity index (χ4n) is 2.04. The number of anilines is 2. The van der Waals surface area contributed by atoms with Gasteiger partial charge in [-0.25, -0.2) is 4.98 Å². The Hall–Kier alpha value is -1.78. The molecule has 21 heavy (non-hydrogen) atoms. The third kappa shape index (κ3) is 2.69. The third-order valence-electron chi connectivity index (χ3n) is 2.92. The molecule has 0 aromatic carbocycles. The predicted molar refractivity (Wildman–Crippen MR) is 70.8 cm³/mol. The summed E-state index contributed by atoms with van der Waals surface area (Å²) in [6.45, 7) is 0.286. The number of aromatic nitrogens is 4. The average Bonchev–Trinajstić information content (AvgIpc) is 2.97. The van der Waals surface area contributed by atoms with E-state index in [9.17, 15) is 4.57 Å². The van der Waals surface area contributed by atoms with Crippen molar-refractivity contribution in [2.24, 2.45) is 0 Å². The van der Waals surface area contributed by atoms with Crippen molar-refractivity contribution in [1.82, 2.24) is 19.5 Å². The minimum atomic E-state index is -4.44. The molecule has 6 N–H and O–H groups in total. The third-order valence-corrected chi connectivity index (χ3v) is 3.74. The number of nitrogen functional groups attached to an aromatic ring is 2. The van der Waals surface area contributed by atoms with Crippen LogP contribution < -0.4 is 11.5 Å². The van der Waals surface area contributed by atoms with Gasteiger partial charge in [-0.1, -0.05) is 0 Å². The van der Waals surface area contributed by atoms with Crippen LogP contribution in [0.25, 0.3) is 11.2 Å². The van der Waals surface area contributed by atoms with Crippen LogP contribution in [-0.4, -0.2) is 48.0 Å². The van der Waals surface area contributed by atoms with Gasteiger partial charge >= 0.3 is 7.60 Å². The van der Waals surface area contributed by atoms with E-state index in [1.165, 1.54) is 6.33 Å². The van der Waals surface area contributed by atoms with Crippen molar-refractivity contribution < 1.29 is 23.8 Å². The summed E-state index contributed by atoms with van der Waals surface area (Å²) < 4.78 is 22.8. The summed E-state index contributed by atoms with van der Waals surface area (Å²) in [6, 6.07) is -1.54. The average molecular weight is 316 g/mol. The molecule has 114 valence electrons. The second kappa shape index (κ2) is 4.90. The molecule has 2 aromatic rings. The van der Waals surface area contributed by atoms with Crippen LogP contribution >= 0.6 is 7.60 Å². The molecule has 1 aliphatic rings. The van der Waals surface area contributed by atoms with Crippen LogP contribution in [0.2, 0.25) is 0 Å². The highest BCUT2D eigenvalue weighted by Crippen LogP contribution is 2.45. The summed E-state index contributed by atoms with van der Waals surface area (Å²) in [5.74, 6) is 0.173. The van der Waals surface area contributed by atoms with Gasteiger partial charge in [-0.15, -0.1) is 0 Å². The quantitative estimate of drug-likeness (QED) is 0.507. The van der Waals surface area contributed by atoms with Crippen LogP contribution in [0.15, 0.2) is 6.33 Å². The Morgan fingerprint density at radius 1 is 1.43 bits per heavy atom. The molecule has 0 amide bonds. The van der Waals surface area contributed by atoms with E-state index in [1.807, 2.05) is 0 Å². The Bertz CT molecular complexity index is 729. The lowest BCUT2D eigenvalue weighted by atomic mass is 10.4. The Morgan fingerprint density at radius 2 is 2.19 bits per heavy atom. The lowest BCUT2D eigenvalue weighted by Crippen LogP contribution is -2.19. The Kier molecular flexibility index (Phi) is 3.30. The second-order valence-corrected chi connectivity index (χ2v) is 6.12.